The molecule has 4 rings (SSSR count). The summed E-state index contributed by atoms with van der Waals surface area (Å²) in [6.45, 7) is 8.11. The topological polar surface area (TPSA) is 110 Å². The number of hydrogen-bond acceptors (Lipinski definition) is 5. The van der Waals surface area contributed by atoms with Gasteiger partial charge in [-0.3, -0.25) is 15.1 Å². The van der Waals surface area contributed by atoms with E-state index in [-0.39, 0.29) is 28.5 Å². The average molecular weight is 535 g/mol. The lowest BCUT2D eigenvalue weighted by atomic mass is 9.92. The summed E-state index contributed by atoms with van der Waals surface area (Å²) in [5, 5.41) is 12.6. The molecule has 0 aliphatic heterocycles. The van der Waals surface area contributed by atoms with Crippen molar-refractivity contribution in [2.24, 2.45) is 0 Å². The van der Waals surface area contributed by atoms with E-state index in [1.807, 2.05) is 27.7 Å². The second-order valence-electron chi connectivity index (χ2n) is 9.65. The quantitative estimate of drug-likeness (QED) is 0.268. The first kappa shape index (κ1) is 27.2. The summed E-state index contributed by atoms with van der Waals surface area (Å²) >= 11 is 0. The maximum atomic E-state index is 13.9. The van der Waals surface area contributed by atoms with Crippen molar-refractivity contribution < 1.29 is 23.1 Å². The molecule has 0 bridgehead atoms. The number of halogens is 2. The number of hydrogen-bond donors (Lipinski definition) is 3. The van der Waals surface area contributed by atoms with Crippen LogP contribution in [-0.2, 0) is 5.41 Å². The van der Waals surface area contributed by atoms with Crippen LogP contribution in [0.3, 0.4) is 0 Å². The largest absolute Gasteiger partial charge is 0.457 e. The normalized spacial score (nSPS) is 11.1. The number of amides is 3. The zero-order valence-corrected chi connectivity index (χ0v) is 21.9. The summed E-state index contributed by atoms with van der Waals surface area (Å²) in [7, 11) is 0. The number of ether oxygens (including phenoxy) is 1. The zero-order valence-electron chi connectivity index (χ0n) is 21.9. The first-order chi connectivity index (χ1) is 18.5. The number of aromatic nitrogens is 3. The minimum absolute atomic E-state index is 0.131. The highest BCUT2D eigenvalue weighted by Gasteiger charge is 2.22. The molecule has 2 aromatic carbocycles. The maximum absolute atomic E-state index is 13.9. The molecule has 2 heterocycles. The molecule has 3 amide bonds. The monoisotopic (exact) mass is 534 g/mol. The van der Waals surface area contributed by atoms with Gasteiger partial charge < -0.3 is 15.4 Å². The van der Waals surface area contributed by atoms with Crippen LogP contribution in [0.15, 0.2) is 66.9 Å². The lowest BCUT2D eigenvalue weighted by Crippen LogP contribution is -2.23. The van der Waals surface area contributed by atoms with Crippen LogP contribution in [0.4, 0.5) is 25.1 Å². The van der Waals surface area contributed by atoms with Crippen molar-refractivity contribution in [2.45, 2.75) is 33.1 Å². The minimum Gasteiger partial charge on any atom is -0.457 e. The van der Waals surface area contributed by atoms with E-state index in [9.17, 15) is 18.4 Å². The molecule has 0 aliphatic carbocycles. The Labute approximate surface area is 224 Å². The van der Waals surface area contributed by atoms with Gasteiger partial charge in [0.1, 0.15) is 34.6 Å². The molecule has 3 N–H and O–H groups in total. The highest BCUT2D eigenvalue weighted by atomic mass is 19.1. The summed E-state index contributed by atoms with van der Waals surface area (Å²) in [5.41, 5.74) is 1.08. The number of carbonyl (C=O) groups is 2. The van der Waals surface area contributed by atoms with Gasteiger partial charge in [0.2, 0.25) is 0 Å². The van der Waals surface area contributed by atoms with Crippen LogP contribution in [0, 0.1) is 11.6 Å². The predicted molar refractivity (Wildman–Crippen MR) is 144 cm³/mol. The highest BCUT2D eigenvalue weighted by molar-refractivity contribution is 5.99. The molecule has 0 unspecified atom stereocenters. The van der Waals surface area contributed by atoms with Gasteiger partial charge in [-0.1, -0.05) is 20.8 Å². The predicted octanol–water partition coefficient (Wildman–Crippen LogP) is 6.03. The molecular formula is C28H28F2N6O3. The summed E-state index contributed by atoms with van der Waals surface area (Å²) in [4.78, 5) is 28.8. The summed E-state index contributed by atoms with van der Waals surface area (Å²) < 4.78 is 34.8. The Morgan fingerprint density at radius 3 is 2.26 bits per heavy atom. The van der Waals surface area contributed by atoms with Crippen LogP contribution in [0.5, 0.6) is 11.5 Å². The number of nitrogens with zero attached hydrogens (tertiary/aromatic N) is 3. The summed E-state index contributed by atoms with van der Waals surface area (Å²) in [5.74, 6) is -0.670. The molecule has 0 atom stereocenters. The van der Waals surface area contributed by atoms with E-state index in [2.05, 4.69) is 26.0 Å². The van der Waals surface area contributed by atoms with E-state index in [1.54, 1.807) is 36.4 Å². The smallest absolute Gasteiger partial charge is 0.324 e. The fourth-order valence-electron chi connectivity index (χ4n) is 3.57. The van der Waals surface area contributed by atoms with E-state index in [4.69, 9.17) is 4.74 Å². The molecule has 0 fully saturated rings. The van der Waals surface area contributed by atoms with E-state index in [0.717, 1.165) is 18.2 Å². The molecule has 0 spiro atoms. The van der Waals surface area contributed by atoms with Gasteiger partial charge in [-0.2, -0.15) is 5.10 Å². The van der Waals surface area contributed by atoms with Crippen LogP contribution in [-0.4, -0.2) is 33.2 Å². The molecule has 2 aromatic heterocycles. The number of urea groups is 1. The van der Waals surface area contributed by atoms with Crippen molar-refractivity contribution in [3.05, 3.63) is 89.9 Å². The molecule has 0 radical (unpaired) electrons. The molecule has 9 nitrogen and oxygen atoms in total. The molecule has 0 aliphatic rings. The van der Waals surface area contributed by atoms with Gasteiger partial charge in [0, 0.05) is 42.0 Å². The maximum Gasteiger partial charge on any atom is 0.324 e. The van der Waals surface area contributed by atoms with Gasteiger partial charge in [0.25, 0.3) is 5.91 Å². The number of carbonyl (C=O) groups excluding carboxylic acids is 2. The van der Waals surface area contributed by atoms with Crippen LogP contribution in [0.2, 0.25) is 0 Å². The standard InChI is InChI=1S/C28H28F2N6O3/c1-5-31-26(37)23-15-22(10-11-32-23)39-21-8-6-19(7-9-21)33-27(38)34-25-16-24(28(2,3)4)35-36(25)20-13-17(29)12-18(30)14-20/h6-16H,5H2,1-4H3,(H,31,37)(H2,33,34,38). The molecular weight excluding hydrogens is 506 g/mol. The Hall–Kier alpha value is -4.80. The zero-order chi connectivity index (χ0) is 28.2. The second kappa shape index (κ2) is 11.3. The van der Waals surface area contributed by atoms with Gasteiger partial charge in [-0.05, 0) is 49.4 Å². The Balaban J connectivity index is 1.47. The third-order valence-electron chi connectivity index (χ3n) is 5.46. The van der Waals surface area contributed by atoms with Gasteiger partial charge in [-0.15, -0.1) is 0 Å². The van der Waals surface area contributed by atoms with Crippen molar-refractivity contribution in [3.63, 3.8) is 0 Å². The first-order valence-electron chi connectivity index (χ1n) is 12.2. The Morgan fingerprint density at radius 1 is 0.923 bits per heavy atom. The van der Waals surface area contributed by atoms with Crippen LogP contribution < -0.4 is 20.7 Å². The van der Waals surface area contributed by atoms with Crippen LogP contribution in [0.25, 0.3) is 5.69 Å². The number of nitrogens with one attached hydrogen (secondary N) is 3. The van der Waals surface area contributed by atoms with E-state index < -0.39 is 17.7 Å². The van der Waals surface area contributed by atoms with E-state index in [1.165, 1.54) is 16.9 Å². The number of rotatable bonds is 7. The molecule has 0 saturated carbocycles. The van der Waals surface area contributed by atoms with Crippen molar-refractivity contribution in [2.75, 3.05) is 17.2 Å². The van der Waals surface area contributed by atoms with Crippen molar-refractivity contribution >= 4 is 23.4 Å². The van der Waals surface area contributed by atoms with Crippen molar-refractivity contribution in [3.8, 4) is 17.2 Å². The van der Waals surface area contributed by atoms with Gasteiger partial charge in [-0.25, -0.2) is 18.3 Å². The minimum atomic E-state index is -0.761. The van der Waals surface area contributed by atoms with Crippen molar-refractivity contribution in [1.29, 1.82) is 0 Å². The van der Waals surface area contributed by atoms with Gasteiger partial charge in [0.15, 0.2) is 0 Å². The fourth-order valence-corrected chi connectivity index (χ4v) is 3.57. The molecule has 4 aromatic rings. The van der Waals surface area contributed by atoms with Crippen LogP contribution in [0.1, 0.15) is 43.9 Å². The third kappa shape index (κ3) is 6.95. The molecule has 39 heavy (non-hydrogen) atoms. The van der Waals surface area contributed by atoms with Crippen LogP contribution >= 0.6 is 0 Å². The SMILES string of the molecule is CCNC(=O)c1cc(Oc2ccc(NC(=O)Nc3cc(C(C)(C)C)nn3-c3cc(F)cc(F)c3)cc2)ccn1. The third-order valence-corrected chi connectivity index (χ3v) is 5.46. The lowest BCUT2D eigenvalue weighted by molar-refractivity contribution is 0.0950. The lowest BCUT2D eigenvalue weighted by Gasteiger charge is -2.14. The Kier molecular flexibility index (Phi) is 7.89. The van der Waals surface area contributed by atoms with E-state index >= 15 is 0 Å². The summed E-state index contributed by atoms with van der Waals surface area (Å²) in [6, 6.07) is 13.8. The number of anilines is 2. The van der Waals surface area contributed by atoms with Crippen molar-refractivity contribution in [1.82, 2.24) is 20.1 Å². The number of pyridine rings is 1. The fraction of sp³-hybridized carbons (Fsp3) is 0.214. The average Bonchev–Trinajstić information content (AvgIpc) is 3.29. The first-order valence-corrected chi connectivity index (χ1v) is 12.2. The highest BCUT2D eigenvalue weighted by Crippen LogP contribution is 2.28. The Bertz CT molecular complexity index is 1480. The van der Waals surface area contributed by atoms with E-state index in [0.29, 0.717) is 29.4 Å². The summed E-state index contributed by atoms with van der Waals surface area (Å²) in [6.07, 6.45) is 1.48. The Morgan fingerprint density at radius 2 is 1.62 bits per heavy atom. The second-order valence-corrected chi connectivity index (χ2v) is 9.65. The molecule has 202 valence electrons. The number of benzene rings is 2. The molecule has 11 heteroatoms. The van der Waals surface area contributed by atoms with Gasteiger partial charge >= 0.3 is 6.03 Å². The molecule has 0 saturated heterocycles. The van der Waals surface area contributed by atoms with Gasteiger partial charge in [0.05, 0.1) is 11.4 Å².